The number of rotatable bonds is 3. The van der Waals surface area contributed by atoms with E-state index in [0.717, 1.165) is 10.2 Å². The van der Waals surface area contributed by atoms with E-state index in [1.807, 2.05) is 12.1 Å². The number of benzene rings is 1. The number of thiophene rings is 1. The zero-order valence-corrected chi connectivity index (χ0v) is 13.8. The van der Waals surface area contributed by atoms with Crippen molar-refractivity contribution in [2.45, 2.75) is 19.9 Å². The predicted octanol–water partition coefficient (Wildman–Crippen LogP) is 6.30. The molecule has 0 aliphatic carbocycles. The van der Waals surface area contributed by atoms with Gasteiger partial charge in [0, 0.05) is 14.2 Å². The van der Waals surface area contributed by atoms with Crippen molar-refractivity contribution >= 4 is 56.2 Å². The Labute approximate surface area is 129 Å². The first-order chi connectivity index (χ1) is 8.49. The van der Waals surface area contributed by atoms with Gasteiger partial charge in [-0.05, 0) is 54.0 Å². The van der Waals surface area contributed by atoms with E-state index >= 15 is 0 Å². The highest BCUT2D eigenvalue weighted by molar-refractivity contribution is 9.10. The molecule has 0 saturated carbocycles. The number of aryl methyl sites for hydroxylation is 1. The lowest BCUT2D eigenvalue weighted by Crippen LogP contribution is -2.05. The standard InChI is InChI=1S/C13H12BrCl2NS/c1-7-3-6-11(18-7)8(2)17-10-5-4-9(14)12(15)13(10)16/h3-6,8,17H,1-2H3. The Morgan fingerprint density at radius 3 is 2.50 bits per heavy atom. The van der Waals surface area contributed by atoms with Crippen LogP contribution in [0.5, 0.6) is 0 Å². The summed E-state index contributed by atoms with van der Waals surface area (Å²) in [4.78, 5) is 2.58. The lowest BCUT2D eigenvalue weighted by molar-refractivity contribution is 0.908. The molecule has 2 aromatic rings. The van der Waals surface area contributed by atoms with Crippen LogP contribution < -0.4 is 5.32 Å². The van der Waals surface area contributed by atoms with Crippen LogP contribution in [0.2, 0.25) is 10.0 Å². The molecule has 1 nitrogen and oxygen atoms in total. The highest BCUT2D eigenvalue weighted by atomic mass is 79.9. The summed E-state index contributed by atoms with van der Waals surface area (Å²) in [6, 6.07) is 8.27. The minimum Gasteiger partial charge on any atom is -0.376 e. The summed E-state index contributed by atoms with van der Waals surface area (Å²) in [5, 5.41) is 4.47. The number of anilines is 1. The van der Waals surface area contributed by atoms with Crippen LogP contribution in [0.1, 0.15) is 22.7 Å². The van der Waals surface area contributed by atoms with Crippen molar-refractivity contribution in [1.29, 1.82) is 0 Å². The molecule has 1 heterocycles. The quantitative estimate of drug-likeness (QED) is 0.630. The van der Waals surface area contributed by atoms with E-state index in [1.165, 1.54) is 9.75 Å². The van der Waals surface area contributed by atoms with Crippen molar-refractivity contribution in [2.75, 3.05) is 5.32 Å². The number of hydrogen-bond acceptors (Lipinski definition) is 2. The first-order valence-corrected chi connectivity index (χ1v) is 7.82. The van der Waals surface area contributed by atoms with Crippen molar-refractivity contribution in [3.8, 4) is 0 Å². The molecule has 0 amide bonds. The summed E-state index contributed by atoms with van der Waals surface area (Å²) < 4.78 is 0.805. The molecule has 0 bridgehead atoms. The highest BCUT2D eigenvalue weighted by Crippen LogP contribution is 2.37. The summed E-state index contributed by atoms with van der Waals surface area (Å²) in [6.45, 7) is 4.21. The molecule has 0 radical (unpaired) electrons. The van der Waals surface area contributed by atoms with Crippen LogP contribution >= 0.6 is 50.5 Å². The fraction of sp³-hybridized carbons (Fsp3) is 0.231. The summed E-state index contributed by atoms with van der Waals surface area (Å²) in [5.41, 5.74) is 0.850. The number of nitrogens with one attached hydrogen (secondary N) is 1. The topological polar surface area (TPSA) is 12.0 Å². The molecule has 96 valence electrons. The first kappa shape index (κ1) is 14.2. The van der Waals surface area contributed by atoms with Crippen LogP contribution in [0.3, 0.4) is 0 Å². The Bertz CT molecular complexity index is 568. The van der Waals surface area contributed by atoms with Crippen LogP contribution in [0.25, 0.3) is 0 Å². The predicted molar refractivity (Wildman–Crippen MR) is 85.3 cm³/mol. The Morgan fingerprint density at radius 2 is 1.89 bits per heavy atom. The molecule has 1 N–H and O–H groups in total. The average Bonchev–Trinajstić information content (AvgIpc) is 2.77. The molecule has 5 heteroatoms. The maximum absolute atomic E-state index is 6.21. The molecule has 1 unspecified atom stereocenters. The summed E-state index contributed by atoms with van der Waals surface area (Å²) in [6.07, 6.45) is 0. The van der Waals surface area contributed by atoms with E-state index in [4.69, 9.17) is 23.2 Å². The van der Waals surface area contributed by atoms with E-state index in [9.17, 15) is 0 Å². The monoisotopic (exact) mass is 363 g/mol. The molecule has 2 rings (SSSR count). The minimum absolute atomic E-state index is 0.207. The van der Waals surface area contributed by atoms with Gasteiger partial charge in [-0.3, -0.25) is 0 Å². The number of halogens is 3. The van der Waals surface area contributed by atoms with Crippen molar-refractivity contribution in [3.05, 3.63) is 48.5 Å². The lowest BCUT2D eigenvalue weighted by atomic mass is 10.2. The van der Waals surface area contributed by atoms with E-state index in [1.54, 1.807) is 11.3 Å². The summed E-state index contributed by atoms with van der Waals surface area (Å²) in [7, 11) is 0. The second kappa shape index (κ2) is 5.83. The Morgan fingerprint density at radius 1 is 1.17 bits per heavy atom. The molecule has 1 atom stereocenters. The van der Waals surface area contributed by atoms with Crippen molar-refractivity contribution < 1.29 is 0 Å². The van der Waals surface area contributed by atoms with Crippen molar-refractivity contribution in [2.24, 2.45) is 0 Å². The molecule has 0 spiro atoms. The molecule has 0 aliphatic heterocycles. The Balaban J connectivity index is 2.22. The van der Waals surface area contributed by atoms with E-state index in [2.05, 4.69) is 47.2 Å². The molecule has 1 aromatic heterocycles. The van der Waals surface area contributed by atoms with Gasteiger partial charge in [-0.1, -0.05) is 23.2 Å². The largest absolute Gasteiger partial charge is 0.376 e. The summed E-state index contributed by atoms with van der Waals surface area (Å²) >= 11 is 17.4. The van der Waals surface area contributed by atoms with Gasteiger partial charge in [-0.2, -0.15) is 0 Å². The van der Waals surface area contributed by atoms with Gasteiger partial charge >= 0.3 is 0 Å². The molecular formula is C13H12BrCl2NS. The second-order valence-electron chi connectivity index (χ2n) is 4.04. The molecule has 0 saturated heterocycles. The van der Waals surface area contributed by atoms with Gasteiger partial charge in [0.25, 0.3) is 0 Å². The van der Waals surface area contributed by atoms with Gasteiger partial charge in [0.2, 0.25) is 0 Å². The van der Waals surface area contributed by atoms with Crippen LogP contribution in [-0.2, 0) is 0 Å². The van der Waals surface area contributed by atoms with Crippen LogP contribution in [0.15, 0.2) is 28.7 Å². The molecule has 1 aromatic carbocycles. The highest BCUT2D eigenvalue weighted by Gasteiger charge is 2.12. The SMILES string of the molecule is Cc1ccc(C(C)Nc2ccc(Br)c(Cl)c2Cl)s1. The number of hydrogen-bond donors (Lipinski definition) is 1. The van der Waals surface area contributed by atoms with E-state index < -0.39 is 0 Å². The molecular weight excluding hydrogens is 353 g/mol. The lowest BCUT2D eigenvalue weighted by Gasteiger charge is -2.16. The third kappa shape index (κ3) is 3.02. The van der Waals surface area contributed by atoms with E-state index in [0.29, 0.717) is 10.0 Å². The third-order valence-corrected chi connectivity index (χ3v) is 5.55. The minimum atomic E-state index is 0.207. The van der Waals surface area contributed by atoms with Gasteiger partial charge in [0.05, 0.1) is 21.8 Å². The smallest absolute Gasteiger partial charge is 0.0835 e. The molecule has 0 fully saturated rings. The zero-order chi connectivity index (χ0) is 13.3. The maximum atomic E-state index is 6.21. The van der Waals surface area contributed by atoms with Gasteiger partial charge in [0.1, 0.15) is 0 Å². The Hall–Kier alpha value is -0.220. The zero-order valence-electron chi connectivity index (χ0n) is 9.93. The van der Waals surface area contributed by atoms with Crippen LogP contribution in [0.4, 0.5) is 5.69 Å². The van der Waals surface area contributed by atoms with Gasteiger partial charge < -0.3 is 5.32 Å². The average molecular weight is 365 g/mol. The Kier molecular flexibility index (Phi) is 4.59. The molecule has 0 aliphatic rings. The fourth-order valence-electron chi connectivity index (χ4n) is 1.63. The third-order valence-electron chi connectivity index (χ3n) is 2.60. The maximum Gasteiger partial charge on any atom is 0.0835 e. The normalized spacial score (nSPS) is 12.5. The van der Waals surface area contributed by atoms with E-state index in [-0.39, 0.29) is 6.04 Å². The van der Waals surface area contributed by atoms with Gasteiger partial charge in [-0.15, -0.1) is 11.3 Å². The van der Waals surface area contributed by atoms with Crippen molar-refractivity contribution in [1.82, 2.24) is 0 Å². The van der Waals surface area contributed by atoms with Crippen LogP contribution in [-0.4, -0.2) is 0 Å². The van der Waals surface area contributed by atoms with Crippen molar-refractivity contribution in [3.63, 3.8) is 0 Å². The first-order valence-electron chi connectivity index (χ1n) is 5.45. The second-order valence-corrected chi connectivity index (χ2v) is 6.97. The fourth-order valence-corrected chi connectivity index (χ4v) is 3.34. The van der Waals surface area contributed by atoms with Crippen LogP contribution in [0, 0.1) is 6.92 Å². The van der Waals surface area contributed by atoms with Gasteiger partial charge in [-0.25, -0.2) is 0 Å². The molecule has 18 heavy (non-hydrogen) atoms. The summed E-state index contributed by atoms with van der Waals surface area (Å²) in [5.74, 6) is 0. The van der Waals surface area contributed by atoms with Gasteiger partial charge in [0.15, 0.2) is 0 Å².